The van der Waals surface area contributed by atoms with Gasteiger partial charge in [0.05, 0.1) is 5.56 Å². The summed E-state index contributed by atoms with van der Waals surface area (Å²) in [6.45, 7) is 1.15. The maximum Gasteiger partial charge on any atom is 0.433 e. The SMILES string of the molecule is C.C#Cc1ccccc1.CC(=O)C(C#N)=[N+]=[N-].FC(F)(F)c1ccccc1. The van der Waals surface area contributed by atoms with Gasteiger partial charge in [0.15, 0.2) is 6.07 Å². The van der Waals surface area contributed by atoms with Crippen molar-refractivity contribution < 1.29 is 22.8 Å². The predicted molar refractivity (Wildman–Crippen MR) is 97.5 cm³/mol. The lowest BCUT2D eigenvalue weighted by atomic mass is 10.2. The Morgan fingerprint density at radius 3 is 1.70 bits per heavy atom. The molecule has 0 aromatic heterocycles. The van der Waals surface area contributed by atoms with E-state index < -0.39 is 23.2 Å². The molecule has 2 aromatic carbocycles. The predicted octanol–water partition coefficient (Wildman–Crippen LogP) is 4.78. The average molecular weight is 373 g/mol. The molecule has 0 N–H and O–H groups in total. The van der Waals surface area contributed by atoms with Gasteiger partial charge < -0.3 is 5.53 Å². The molecule has 0 atom stereocenters. The van der Waals surface area contributed by atoms with Gasteiger partial charge in [-0.05, 0) is 12.1 Å². The smallest absolute Gasteiger partial charge is 0.360 e. The summed E-state index contributed by atoms with van der Waals surface area (Å²) < 4.78 is 35.4. The zero-order valence-corrected chi connectivity index (χ0v) is 13.7. The first kappa shape index (κ1) is 25.6. The lowest BCUT2D eigenvalue weighted by Crippen LogP contribution is -2.06. The van der Waals surface area contributed by atoms with Crippen molar-refractivity contribution in [3.63, 3.8) is 0 Å². The highest BCUT2D eigenvalue weighted by Crippen LogP contribution is 2.28. The van der Waals surface area contributed by atoms with E-state index in [-0.39, 0.29) is 7.43 Å². The molecular weight excluding hydrogens is 355 g/mol. The zero-order valence-electron chi connectivity index (χ0n) is 13.7. The van der Waals surface area contributed by atoms with Crippen LogP contribution < -0.4 is 0 Å². The standard InChI is InChI=1S/C8H6.C7H5F3.C4H3N3O.CH4/c1-2-8-6-4-3-5-7-8;8-7(9,10)6-4-2-1-3-5-6;1-3(8)4(2-5)7-6;/h1,3-7H;1-5H;1H3;1H4. The zero-order chi connectivity index (χ0) is 20.0. The minimum absolute atomic E-state index is 0. The Morgan fingerprint density at radius 1 is 1.07 bits per heavy atom. The molecule has 0 heterocycles. The van der Waals surface area contributed by atoms with Crippen molar-refractivity contribution in [2.75, 3.05) is 0 Å². The van der Waals surface area contributed by atoms with E-state index in [1.807, 2.05) is 30.3 Å². The first-order chi connectivity index (χ1) is 12.3. The molecule has 0 saturated heterocycles. The topological polar surface area (TPSA) is 77.3 Å². The Bertz CT molecular complexity index is 827. The molecule has 0 radical (unpaired) electrons. The molecule has 0 unspecified atom stereocenters. The number of carbonyl (C=O) groups excluding carboxylic acids is 1. The maximum atomic E-state index is 11.8. The van der Waals surface area contributed by atoms with E-state index in [2.05, 4.69) is 10.7 Å². The van der Waals surface area contributed by atoms with Crippen molar-refractivity contribution in [3.8, 4) is 18.4 Å². The van der Waals surface area contributed by atoms with E-state index in [0.717, 1.165) is 24.6 Å². The number of alkyl halides is 3. The summed E-state index contributed by atoms with van der Waals surface area (Å²) in [7, 11) is 0. The van der Waals surface area contributed by atoms with Crippen molar-refractivity contribution in [2.45, 2.75) is 20.5 Å². The van der Waals surface area contributed by atoms with Crippen LogP contribution >= 0.6 is 0 Å². The molecule has 0 amide bonds. The average Bonchev–Trinajstić information content (AvgIpc) is 2.64. The third kappa shape index (κ3) is 11.5. The van der Waals surface area contributed by atoms with Crippen LogP contribution in [-0.4, -0.2) is 16.3 Å². The number of carbonyl (C=O) groups is 1. The van der Waals surface area contributed by atoms with Gasteiger partial charge in [0.1, 0.15) is 0 Å². The molecule has 2 aromatic rings. The molecule has 0 aliphatic carbocycles. The lowest BCUT2D eigenvalue weighted by molar-refractivity contribution is -0.137. The third-order valence-corrected chi connectivity index (χ3v) is 2.58. The first-order valence-corrected chi connectivity index (χ1v) is 7.03. The Morgan fingerprint density at radius 2 is 1.52 bits per heavy atom. The number of ketones is 1. The summed E-state index contributed by atoms with van der Waals surface area (Å²) in [6, 6.07) is 17.4. The number of nitriles is 1. The van der Waals surface area contributed by atoms with Gasteiger partial charge in [-0.3, -0.25) is 4.79 Å². The van der Waals surface area contributed by atoms with E-state index in [9.17, 15) is 18.0 Å². The van der Waals surface area contributed by atoms with Crippen LogP contribution in [0.4, 0.5) is 13.2 Å². The molecule has 7 heteroatoms. The third-order valence-electron chi connectivity index (χ3n) is 2.58. The number of Topliss-reactive ketones (excluding diaryl/α,β-unsaturated/α-hetero) is 1. The van der Waals surface area contributed by atoms with Crippen molar-refractivity contribution >= 4 is 11.5 Å². The van der Waals surface area contributed by atoms with E-state index in [0.29, 0.717) is 0 Å². The summed E-state index contributed by atoms with van der Waals surface area (Å²) in [6.07, 6.45) is 0.893. The fourth-order valence-corrected chi connectivity index (χ4v) is 1.33. The number of halogens is 3. The van der Waals surface area contributed by atoms with Crippen molar-refractivity contribution in [1.29, 1.82) is 5.26 Å². The minimum atomic E-state index is -4.21. The van der Waals surface area contributed by atoms with Gasteiger partial charge in [-0.1, -0.05) is 61.9 Å². The molecule has 0 bridgehead atoms. The van der Waals surface area contributed by atoms with Crippen LogP contribution in [-0.2, 0) is 11.0 Å². The van der Waals surface area contributed by atoms with Crippen molar-refractivity contribution in [3.05, 3.63) is 77.3 Å². The van der Waals surface area contributed by atoms with E-state index in [1.54, 1.807) is 6.07 Å². The second-order valence-electron chi connectivity index (χ2n) is 4.49. The number of nitrogens with zero attached hydrogens (tertiary/aromatic N) is 3. The number of benzene rings is 2. The number of hydrogen-bond donors (Lipinski definition) is 0. The molecule has 140 valence electrons. The highest BCUT2D eigenvalue weighted by molar-refractivity contribution is 6.42. The second kappa shape index (κ2) is 13.6. The van der Waals surface area contributed by atoms with Gasteiger partial charge in [0, 0.05) is 12.5 Å². The summed E-state index contributed by atoms with van der Waals surface area (Å²) in [5.41, 5.74) is 7.71. The highest BCUT2D eigenvalue weighted by atomic mass is 19.4. The van der Waals surface area contributed by atoms with E-state index in [4.69, 9.17) is 17.2 Å². The van der Waals surface area contributed by atoms with Crippen LogP contribution in [0.25, 0.3) is 5.53 Å². The fourth-order valence-electron chi connectivity index (χ4n) is 1.33. The summed E-state index contributed by atoms with van der Waals surface area (Å²) in [4.78, 5) is 12.5. The summed E-state index contributed by atoms with van der Waals surface area (Å²) >= 11 is 0. The molecule has 0 fully saturated rings. The Balaban J connectivity index is 0. The minimum Gasteiger partial charge on any atom is -0.360 e. The van der Waals surface area contributed by atoms with Gasteiger partial charge in [-0.2, -0.15) is 23.2 Å². The van der Waals surface area contributed by atoms with Crippen LogP contribution in [0.15, 0.2) is 60.7 Å². The van der Waals surface area contributed by atoms with E-state index in [1.165, 1.54) is 18.2 Å². The van der Waals surface area contributed by atoms with Gasteiger partial charge in [0.25, 0.3) is 5.78 Å². The number of rotatable bonds is 1. The second-order valence-corrected chi connectivity index (χ2v) is 4.49. The van der Waals surface area contributed by atoms with Crippen molar-refractivity contribution in [1.82, 2.24) is 0 Å². The molecule has 4 nitrogen and oxygen atoms in total. The Labute approximate surface area is 156 Å². The van der Waals surface area contributed by atoms with Gasteiger partial charge in [-0.25, -0.2) is 0 Å². The van der Waals surface area contributed by atoms with Crippen LogP contribution in [0.3, 0.4) is 0 Å². The van der Waals surface area contributed by atoms with Gasteiger partial charge in [-0.15, -0.1) is 6.42 Å². The fraction of sp³-hybridized carbons (Fsp3) is 0.150. The van der Waals surface area contributed by atoms with Crippen LogP contribution in [0.5, 0.6) is 0 Å². The largest absolute Gasteiger partial charge is 0.433 e. The number of terminal acetylenes is 1. The molecule has 27 heavy (non-hydrogen) atoms. The van der Waals surface area contributed by atoms with Crippen molar-refractivity contribution in [2.24, 2.45) is 0 Å². The van der Waals surface area contributed by atoms with Crippen LogP contribution in [0.2, 0.25) is 0 Å². The van der Waals surface area contributed by atoms with Gasteiger partial charge >= 0.3 is 11.9 Å². The Hall–Kier alpha value is -3.67. The molecule has 0 aliphatic heterocycles. The summed E-state index contributed by atoms with van der Waals surface area (Å²) in [5.74, 6) is 1.99. The highest BCUT2D eigenvalue weighted by Gasteiger charge is 2.29. The molecule has 2 rings (SSSR count). The summed E-state index contributed by atoms with van der Waals surface area (Å²) in [5, 5.41) is 7.93. The van der Waals surface area contributed by atoms with Crippen LogP contribution in [0.1, 0.15) is 25.5 Å². The lowest BCUT2D eigenvalue weighted by Gasteiger charge is -2.03. The molecule has 0 saturated carbocycles. The molecule has 0 aliphatic rings. The van der Waals surface area contributed by atoms with Crippen LogP contribution in [0, 0.1) is 23.7 Å². The van der Waals surface area contributed by atoms with E-state index >= 15 is 0 Å². The first-order valence-electron chi connectivity index (χ1n) is 7.03. The molecular formula is C20H18F3N3O. The molecule has 0 spiro atoms. The Kier molecular flexibility index (Phi) is 12.9. The normalized spacial score (nSPS) is 8.52. The number of hydrogen-bond acceptors (Lipinski definition) is 2. The monoisotopic (exact) mass is 373 g/mol. The van der Waals surface area contributed by atoms with Gasteiger partial charge in [0.2, 0.25) is 0 Å². The quantitative estimate of drug-likeness (QED) is 0.312. The maximum absolute atomic E-state index is 11.8.